The Labute approximate surface area is 85.9 Å². The second kappa shape index (κ2) is 5.60. The van der Waals surface area contributed by atoms with Crippen LogP contribution >= 0.6 is 0 Å². The van der Waals surface area contributed by atoms with Crippen LogP contribution in [0.5, 0.6) is 0 Å². The zero-order chi connectivity index (χ0) is 10.4. The quantitative estimate of drug-likeness (QED) is 0.700. The number of aromatic nitrogens is 1. The Hall–Kier alpha value is -1.09. The number of hydrogen-bond acceptors (Lipinski definition) is 3. The Balaban J connectivity index is 2.28. The second-order valence-electron chi connectivity index (χ2n) is 3.70. The van der Waals surface area contributed by atoms with Crippen molar-refractivity contribution in [1.82, 2.24) is 10.3 Å². The minimum atomic E-state index is 0.543. The summed E-state index contributed by atoms with van der Waals surface area (Å²) >= 11 is 0. The van der Waals surface area contributed by atoms with Crippen molar-refractivity contribution >= 4 is 5.82 Å². The Bertz CT molecular complexity index is 271. The molecule has 0 unspecified atom stereocenters. The molecule has 1 rings (SSSR count). The van der Waals surface area contributed by atoms with Crippen LogP contribution in [0.4, 0.5) is 5.82 Å². The molecular formula is C11H19N3. The van der Waals surface area contributed by atoms with Crippen molar-refractivity contribution in [2.75, 3.05) is 18.4 Å². The van der Waals surface area contributed by atoms with E-state index >= 15 is 0 Å². The largest absolute Gasteiger partial charge is 0.369 e. The second-order valence-corrected chi connectivity index (χ2v) is 3.70. The van der Waals surface area contributed by atoms with Crippen LogP contribution in [0, 0.1) is 6.92 Å². The minimum absolute atomic E-state index is 0.543. The van der Waals surface area contributed by atoms with Gasteiger partial charge in [0.05, 0.1) is 0 Å². The fourth-order valence-electron chi connectivity index (χ4n) is 1.21. The first-order chi connectivity index (χ1) is 6.70. The summed E-state index contributed by atoms with van der Waals surface area (Å²) in [7, 11) is 0. The maximum Gasteiger partial charge on any atom is 0.128 e. The van der Waals surface area contributed by atoms with Crippen molar-refractivity contribution in [3.05, 3.63) is 23.9 Å². The summed E-state index contributed by atoms with van der Waals surface area (Å²) in [5.41, 5.74) is 1.19. The molecule has 0 aromatic carbocycles. The van der Waals surface area contributed by atoms with Crippen molar-refractivity contribution in [2.45, 2.75) is 26.8 Å². The highest BCUT2D eigenvalue weighted by Crippen LogP contribution is 2.07. The van der Waals surface area contributed by atoms with Gasteiger partial charge in [0.1, 0.15) is 5.82 Å². The lowest BCUT2D eigenvalue weighted by Crippen LogP contribution is -2.28. The van der Waals surface area contributed by atoms with E-state index in [0.717, 1.165) is 18.9 Å². The average molecular weight is 193 g/mol. The monoisotopic (exact) mass is 193 g/mol. The fraction of sp³-hybridized carbons (Fsp3) is 0.545. The van der Waals surface area contributed by atoms with Crippen LogP contribution in [0.25, 0.3) is 0 Å². The molecule has 78 valence electrons. The zero-order valence-corrected chi connectivity index (χ0v) is 9.17. The molecule has 0 aliphatic heterocycles. The summed E-state index contributed by atoms with van der Waals surface area (Å²) in [6.45, 7) is 8.23. The van der Waals surface area contributed by atoms with E-state index in [4.69, 9.17) is 0 Å². The molecule has 0 spiro atoms. The van der Waals surface area contributed by atoms with Gasteiger partial charge in [0.15, 0.2) is 0 Å². The Kier molecular flexibility index (Phi) is 4.40. The lowest BCUT2D eigenvalue weighted by Gasteiger charge is -2.10. The fourth-order valence-corrected chi connectivity index (χ4v) is 1.21. The highest BCUT2D eigenvalue weighted by Gasteiger charge is 1.96. The molecule has 0 aliphatic carbocycles. The third-order valence-corrected chi connectivity index (χ3v) is 1.98. The molecule has 3 heteroatoms. The molecule has 0 aliphatic rings. The zero-order valence-electron chi connectivity index (χ0n) is 9.17. The Morgan fingerprint density at radius 3 is 2.79 bits per heavy atom. The molecule has 14 heavy (non-hydrogen) atoms. The van der Waals surface area contributed by atoms with Crippen molar-refractivity contribution in [3.8, 4) is 0 Å². The van der Waals surface area contributed by atoms with E-state index in [9.17, 15) is 0 Å². The molecule has 0 saturated carbocycles. The van der Waals surface area contributed by atoms with Crippen LogP contribution in [0.1, 0.15) is 19.4 Å². The summed E-state index contributed by atoms with van der Waals surface area (Å²) in [6.07, 6.45) is 1.81. The van der Waals surface area contributed by atoms with Crippen molar-refractivity contribution in [2.24, 2.45) is 0 Å². The standard InChI is InChI=1S/C11H19N3/c1-9(2)12-7-8-14-11-10(3)5-4-6-13-11/h4-6,9,12H,7-8H2,1-3H3,(H,13,14). The summed E-state index contributed by atoms with van der Waals surface area (Å²) < 4.78 is 0. The molecular weight excluding hydrogens is 174 g/mol. The molecule has 0 amide bonds. The normalized spacial score (nSPS) is 10.6. The number of nitrogens with zero attached hydrogens (tertiary/aromatic N) is 1. The average Bonchev–Trinajstić information content (AvgIpc) is 2.15. The number of hydrogen-bond donors (Lipinski definition) is 2. The Morgan fingerprint density at radius 1 is 1.36 bits per heavy atom. The molecule has 1 aromatic rings. The van der Waals surface area contributed by atoms with Gasteiger partial charge in [0.25, 0.3) is 0 Å². The first-order valence-corrected chi connectivity index (χ1v) is 5.09. The molecule has 0 atom stereocenters. The smallest absolute Gasteiger partial charge is 0.128 e. The molecule has 2 N–H and O–H groups in total. The van der Waals surface area contributed by atoms with Gasteiger partial charge in [0.2, 0.25) is 0 Å². The van der Waals surface area contributed by atoms with Gasteiger partial charge >= 0.3 is 0 Å². The van der Waals surface area contributed by atoms with Gasteiger partial charge in [-0.15, -0.1) is 0 Å². The van der Waals surface area contributed by atoms with Gasteiger partial charge in [-0.05, 0) is 18.6 Å². The summed E-state index contributed by atoms with van der Waals surface area (Å²) in [5.74, 6) is 0.984. The summed E-state index contributed by atoms with van der Waals surface area (Å²) in [4.78, 5) is 4.26. The Morgan fingerprint density at radius 2 is 2.14 bits per heavy atom. The SMILES string of the molecule is Cc1cccnc1NCCNC(C)C. The first-order valence-electron chi connectivity index (χ1n) is 5.09. The third-order valence-electron chi connectivity index (χ3n) is 1.98. The van der Waals surface area contributed by atoms with E-state index in [1.807, 2.05) is 12.3 Å². The maximum absolute atomic E-state index is 4.26. The summed E-state index contributed by atoms with van der Waals surface area (Å²) in [5, 5.41) is 6.64. The number of nitrogens with one attached hydrogen (secondary N) is 2. The van der Waals surface area contributed by atoms with E-state index < -0.39 is 0 Å². The van der Waals surface area contributed by atoms with Crippen LogP contribution in [-0.2, 0) is 0 Å². The topological polar surface area (TPSA) is 37.0 Å². The van der Waals surface area contributed by atoms with Crippen molar-refractivity contribution in [1.29, 1.82) is 0 Å². The van der Waals surface area contributed by atoms with Crippen LogP contribution in [0.15, 0.2) is 18.3 Å². The molecule has 1 aromatic heterocycles. The molecule has 0 bridgehead atoms. The first kappa shape index (κ1) is 11.0. The van der Waals surface area contributed by atoms with Gasteiger partial charge in [-0.3, -0.25) is 0 Å². The maximum atomic E-state index is 4.26. The predicted octanol–water partition coefficient (Wildman–Crippen LogP) is 1.80. The van der Waals surface area contributed by atoms with E-state index in [1.165, 1.54) is 5.56 Å². The van der Waals surface area contributed by atoms with E-state index in [0.29, 0.717) is 6.04 Å². The number of aryl methyl sites for hydroxylation is 1. The third kappa shape index (κ3) is 3.75. The lowest BCUT2D eigenvalue weighted by molar-refractivity contribution is 0.602. The molecule has 0 fully saturated rings. The van der Waals surface area contributed by atoms with Crippen LogP contribution in [-0.4, -0.2) is 24.1 Å². The van der Waals surface area contributed by atoms with Crippen LogP contribution in [0.2, 0.25) is 0 Å². The van der Waals surface area contributed by atoms with E-state index in [-0.39, 0.29) is 0 Å². The van der Waals surface area contributed by atoms with Gasteiger partial charge in [0, 0.05) is 25.3 Å². The highest BCUT2D eigenvalue weighted by molar-refractivity contribution is 5.42. The van der Waals surface area contributed by atoms with E-state index in [2.05, 4.69) is 42.5 Å². The van der Waals surface area contributed by atoms with Crippen molar-refractivity contribution < 1.29 is 0 Å². The number of pyridine rings is 1. The molecule has 0 saturated heterocycles. The minimum Gasteiger partial charge on any atom is -0.369 e. The number of anilines is 1. The van der Waals surface area contributed by atoms with Crippen LogP contribution < -0.4 is 10.6 Å². The van der Waals surface area contributed by atoms with Gasteiger partial charge in [-0.1, -0.05) is 19.9 Å². The molecule has 3 nitrogen and oxygen atoms in total. The summed E-state index contributed by atoms with van der Waals surface area (Å²) in [6, 6.07) is 4.56. The van der Waals surface area contributed by atoms with Crippen LogP contribution in [0.3, 0.4) is 0 Å². The molecule has 1 heterocycles. The van der Waals surface area contributed by atoms with Gasteiger partial charge in [-0.2, -0.15) is 0 Å². The van der Waals surface area contributed by atoms with Gasteiger partial charge < -0.3 is 10.6 Å². The van der Waals surface area contributed by atoms with E-state index in [1.54, 1.807) is 0 Å². The van der Waals surface area contributed by atoms with Gasteiger partial charge in [-0.25, -0.2) is 4.98 Å². The molecule has 0 radical (unpaired) electrons. The highest BCUT2D eigenvalue weighted by atomic mass is 15.0. The lowest BCUT2D eigenvalue weighted by atomic mass is 10.3. The number of rotatable bonds is 5. The van der Waals surface area contributed by atoms with Crippen molar-refractivity contribution in [3.63, 3.8) is 0 Å². The predicted molar refractivity (Wildman–Crippen MR) is 60.6 cm³/mol.